The maximum absolute atomic E-state index is 6.33. The molecule has 0 aromatic heterocycles. The first kappa shape index (κ1) is 8.28. The van der Waals surface area contributed by atoms with Gasteiger partial charge in [0.1, 0.15) is 0 Å². The first-order valence-corrected chi connectivity index (χ1v) is 5.94. The Hall–Kier alpha value is -0.0400. The molecule has 4 fully saturated rings. The predicted octanol–water partition coefficient (Wildman–Crippen LogP) is 2.26. The fourth-order valence-electron chi connectivity index (χ4n) is 4.24. The Morgan fingerprint density at radius 3 is 2.38 bits per heavy atom. The molecule has 0 aromatic carbocycles. The molecule has 4 aliphatic rings. The standard InChI is InChI=1S/C12H21N/c1-6(2)11-8-3-7-4-9(7)12(13)10(11)5-8/h6-12H,3-5,13H2,1-2H3. The third-order valence-corrected chi connectivity index (χ3v) is 4.95. The quantitative estimate of drug-likeness (QED) is 0.656. The van der Waals surface area contributed by atoms with E-state index in [4.69, 9.17) is 5.73 Å². The first-order chi connectivity index (χ1) is 6.18. The fourth-order valence-corrected chi connectivity index (χ4v) is 4.24. The van der Waals surface area contributed by atoms with Gasteiger partial charge in [-0.15, -0.1) is 0 Å². The van der Waals surface area contributed by atoms with Gasteiger partial charge in [-0.3, -0.25) is 0 Å². The molecule has 0 saturated heterocycles. The maximum Gasteiger partial charge on any atom is 0.0101 e. The second-order valence-electron chi connectivity index (χ2n) is 5.95. The van der Waals surface area contributed by atoms with Gasteiger partial charge in [0.25, 0.3) is 0 Å². The monoisotopic (exact) mass is 179 g/mol. The van der Waals surface area contributed by atoms with Gasteiger partial charge in [0.15, 0.2) is 0 Å². The smallest absolute Gasteiger partial charge is 0.0101 e. The Bertz CT molecular complexity index is 223. The summed E-state index contributed by atoms with van der Waals surface area (Å²) in [5.41, 5.74) is 6.33. The van der Waals surface area contributed by atoms with Gasteiger partial charge in [0, 0.05) is 6.04 Å². The molecular weight excluding hydrogens is 158 g/mol. The third-order valence-electron chi connectivity index (χ3n) is 4.95. The van der Waals surface area contributed by atoms with Crippen LogP contribution in [0.3, 0.4) is 0 Å². The van der Waals surface area contributed by atoms with Crippen LogP contribution in [-0.2, 0) is 0 Å². The number of hydrogen-bond acceptors (Lipinski definition) is 1. The molecule has 0 heterocycles. The van der Waals surface area contributed by atoms with Crippen LogP contribution in [0, 0.1) is 35.5 Å². The van der Waals surface area contributed by atoms with Gasteiger partial charge >= 0.3 is 0 Å². The van der Waals surface area contributed by atoms with E-state index in [1.165, 1.54) is 19.3 Å². The lowest BCUT2D eigenvalue weighted by atomic mass is 9.57. The van der Waals surface area contributed by atoms with Gasteiger partial charge in [-0.1, -0.05) is 13.8 Å². The van der Waals surface area contributed by atoms with E-state index in [1.807, 2.05) is 0 Å². The number of hydrogen-bond donors (Lipinski definition) is 1. The molecule has 2 bridgehead atoms. The average molecular weight is 179 g/mol. The van der Waals surface area contributed by atoms with Crippen molar-refractivity contribution in [2.45, 2.75) is 39.2 Å². The summed E-state index contributed by atoms with van der Waals surface area (Å²) in [6.45, 7) is 4.76. The maximum atomic E-state index is 6.33. The second-order valence-corrected chi connectivity index (χ2v) is 5.95. The molecule has 4 saturated carbocycles. The summed E-state index contributed by atoms with van der Waals surface area (Å²) in [5.74, 6) is 5.75. The van der Waals surface area contributed by atoms with E-state index in [2.05, 4.69) is 13.8 Å². The molecule has 6 unspecified atom stereocenters. The summed E-state index contributed by atoms with van der Waals surface area (Å²) in [6.07, 6.45) is 4.42. The van der Waals surface area contributed by atoms with Crippen molar-refractivity contribution in [2.75, 3.05) is 0 Å². The SMILES string of the molecule is CC(C)C1C2CC3CC3C(N)C1C2. The van der Waals surface area contributed by atoms with E-state index in [0.717, 1.165) is 35.5 Å². The molecular formula is C12H21N. The van der Waals surface area contributed by atoms with E-state index < -0.39 is 0 Å². The minimum absolute atomic E-state index is 0.566. The topological polar surface area (TPSA) is 26.0 Å². The van der Waals surface area contributed by atoms with Crippen LogP contribution in [0.5, 0.6) is 0 Å². The highest BCUT2D eigenvalue weighted by atomic mass is 14.8. The van der Waals surface area contributed by atoms with Crippen molar-refractivity contribution >= 4 is 0 Å². The fraction of sp³-hybridized carbons (Fsp3) is 1.00. The van der Waals surface area contributed by atoms with Crippen LogP contribution in [0.15, 0.2) is 0 Å². The Kier molecular flexibility index (Phi) is 1.59. The Morgan fingerprint density at radius 2 is 1.69 bits per heavy atom. The largest absolute Gasteiger partial charge is 0.327 e. The highest BCUT2D eigenvalue weighted by Crippen LogP contribution is 2.61. The van der Waals surface area contributed by atoms with Crippen LogP contribution in [0.2, 0.25) is 0 Å². The highest BCUT2D eigenvalue weighted by Gasteiger charge is 2.57. The molecule has 6 atom stereocenters. The van der Waals surface area contributed by atoms with Crippen LogP contribution in [0.25, 0.3) is 0 Å². The Morgan fingerprint density at radius 1 is 1.00 bits per heavy atom. The van der Waals surface area contributed by atoms with Crippen LogP contribution in [-0.4, -0.2) is 6.04 Å². The Labute approximate surface area is 81.1 Å². The predicted molar refractivity (Wildman–Crippen MR) is 54.1 cm³/mol. The summed E-state index contributed by atoms with van der Waals surface area (Å²) in [6, 6.07) is 0.566. The van der Waals surface area contributed by atoms with E-state index in [9.17, 15) is 0 Å². The van der Waals surface area contributed by atoms with E-state index in [-0.39, 0.29) is 0 Å². The van der Waals surface area contributed by atoms with Crippen molar-refractivity contribution in [1.82, 2.24) is 0 Å². The van der Waals surface area contributed by atoms with Gasteiger partial charge in [0.05, 0.1) is 0 Å². The Balaban J connectivity index is 1.81. The molecule has 4 rings (SSSR count). The van der Waals surface area contributed by atoms with Crippen molar-refractivity contribution in [3.8, 4) is 0 Å². The normalized spacial score (nSPS) is 58.2. The van der Waals surface area contributed by atoms with Gasteiger partial charge in [-0.25, -0.2) is 0 Å². The van der Waals surface area contributed by atoms with Crippen molar-refractivity contribution in [3.63, 3.8) is 0 Å². The summed E-state index contributed by atoms with van der Waals surface area (Å²) >= 11 is 0. The van der Waals surface area contributed by atoms with Crippen molar-refractivity contribution in [2.24, 2.45) is 41.2 Å². The van der Waals surface area contributed by atoms with Crippen LogP contribution >= 0.6 is 0 Å². The van der Waals surface area contributed by atoms with Gasteiger partial charge < -0.3 is 5.73 Å². The number of rotatable bonds is 1. The summed E-state index contributed by atoms with van der Waals surface area (Å²) in [4.78, 5) is 0. The van der Waals surface area contributed by atoms with Crippen molar-refractivity contribution in [1.29, 1.82) is 0 Å². The van der Waals surface area contributed by atoms with E-state index in [1.54, 1.807) is 0 Å². The van der Waals surface area contributed by atoms with Gasteiger partial charge in [0.2, 0.25) is 0 Å². The molecule has 0 aromatic rings. The minimum atomic E-state index is 0.566. The molecule has 0 aliphatic heterocycles. The lowest BCUT2D eigenvalue weighted by Crippen LogP contribution is -2.48. The van der Waals surface area contributed by atoms with Crippen molar-refractivity contribution < 1.29 is 0 Å². The summed E-state index contributed by atoms with van der Waals surface area (Å²) in [5, 5.41) is 0. The molecule has 13 heavy (non-hydrogen) atoms. The molecule has 2 N–H and O–H groups in total. The molecule has 74 valence electrons. The summed E-state index contributed by atoms with van der Waals surface area (Å²) in [7, 11) is 0. The number of nitrogens with two attached hydrogens (primary N) is 1. The lowest BCUT2D eigenvalue weighted by molar-refractivity contribution is 0.0161. The molecule has 0 radical (unpaired) electrons. The minimum Gasteiger partial charge on any atom is -0.327 e. The van der Waals surface area contributed by atoms with Crippen LogP contribution in [0.1, 0.15) is 33.1 Å². The molecule has 4 aliphatic carbocycles. The molecule has 0 spiro atoms. The zero-order valence-corrected chi connectivity index (χ0v) is 8.74. The molecule has 1 heteroatoms. The van der Waals surface area contributed by atoms with Gasteiger partial charge in [-0.05, 0) is 54.8 Å². The van der Waals surface area contributed by atoms with E-state index >= 15 is 0 Å². The zero-order chi connectivity index (χ0) is 9.16. The first-order valence-electron chi connectivity index (χ1n) is 5.94. The van der Waals surface area contributed by atoms with Crippen LogP contribution in [0.4, 0.5) is 0 Å². The lowest BCUT2D eigenvalue weighted by Gasteiger charge is -2.49. The zero-order valence-electron chi connectivity index (χ0n) is 8.74. The van der Waals surface area contributed by atoms with Crippen LogP contribution < -0.4 is 5.73 Å². The van der Waals surface area contributed by atoms with Gasteiger partial charge in [-0.2, -0.15) is 0 Å². The summed E-state index contributed by atoms with van der Waals surface area (Å²) < 4.78 is 0. The van der Waals surface area contributed by atoms with Crippen molar-refractivity contribution in [3.05, 3.63) is 0 Å². The average Bonchev–Trinajstić information content (AvgIpc) is 2.71. The molecule has 1 nitrogen and oxygen atoms in total. The van der Waals surface area contributed by atoms with E-state index in [0.29, 0.717) is 6.04 Å². The molecule has 0 amide bonds. The highest BCUT2D eigenvalue weighted by molar-refractivity contribution is 5.09. The third kappa shape index (κ3) is 1.03. The second kappa shape index (κ2) is 2.50.